The van der Waals surface area contributed by atoms with Gasteiger partial charge in [0, 0.05) is 0 Å². The largest absolute Gasteiger partial charge is 0.320 e. The van der Waals surface area contributed by atoms with Gasteiger partial charge >= 0.3 is 0 Å². The van der Waals surface area contributed by atoms with Gasteiger partial charge in [-0.15, -0.1) is 11.3 Å². The van der Waals surface area contributed by atoms with Gasteiger partial charge in [0.1, 0.15) is 5.82 Å². The highest BCUT2D eigenvalue weighted by atomic mass is 79.9. The van der Waals surface area contributed by atoms with Crippen molar-refractivity contribution in [3.63, 3.8) is 0 Å². The molecule has 1 aromatic heterocycles. The normalized spacial score (nSPS) is 12.8. The number of benzene rings is 1. The SMILES string of the molecule is Cc1cc(F)cc(C(N)c2csc(Br)c2)c1. The minimum atomic E-state index is -0.267. The predicted octanol–water partition coefficient (Wildman–Crippen LogP) is 4.01. The molecule has 2 aromatic rings. The minimum absolute atomic E-state index is 0.236. The van der Waals surface area contributed by atoms with Gasteiger partial charge in [0.2, 0.25) is 0 Å². The number of rotatable bonds is 2. The summed E-state index contributed by atoms with van der Waals surface area (Å²) in [6.07, 6.45) is 0. The Kier molecular flexibility index (Phi) is 3.42. The van der Waals surface area contributed by atoms with Crippen molar-refractivity contribution < 1.29 is 4.39 Å². The van der Waals surface area contributed by atoms with E-state index < -0.39 is 0 Å². The molecule has 0 amide bonds. The van der Waals surface area contributed by atoms with Crippen molar-refractivity contribution in [3.8, 4) is 0 Å². The second-order valence-corrected chi connectivity index (χ2v) is 6.01. The second kappa shape index (κ2) is 4.65. The van der Waals surface area contributed by atoms with Gasteiger partial charge in [-0.05, 0) is 63.1 Å². The van der Waals surface area contributed by atoms with Crippen LogP contribution in [0, 0.1) is 12.7 Å². The maximum Gasteiger partial charge on any atom is 0.123 e. The first kappa shape index (κ1) is 11.8. The third kappa shape index (κ3) is 2.51. The van der Waals surface area contributed by atoms with Crippen LogP contribution >= 0.6 is 27.3 Å². The molecule has 4 heteroatoms. The summed E-state index contributed by atoms with van der Waals surface area (Å²) in [5.74, 6) is -0.236. The van der Waals surface area contributed by atoms with Gasteiger partial charge in [-0.1, -0.05) is 6.07 Å². The molecule has 0 saturated carbocycles. The van der Waals surface area contributed by atoms with E-state index in [1.807, 2.05) is 24.4 Å². The zero-order valence-electron chi connectivity index (χ0n) is 8.71. The Morgan fingerprint density at radius 3 is 2.56 bits per heavy atom. The Labute approximate surface area is 106 Å². The molecule has 0 aliphatic rings. The molecule has 1 aromatic carbocycles. The first-order valence-corrected chi connectivity index (χ1v) is 6.50. The Hall–Kier alpha value is -0.710. The molecule has 1 atom stereocenters. The van der Waals surface area contributed by atoms with Crippen molar-refractivity contribution in [1.29, 1.82) is 0 Å². The molecule has 0 bridgehead atoms. The van der Waals surface area contributed by atoms with Crippen LogP contribution in [0.1, 0.15) is 22.7 Å². The molecule has 0 spiro atoms. The highest BCUT2D eigenvalue weighted by molar-refractivity contribution is 9.11. The van der Waals surface area contributed by atoms with E-state index in [0.29, 0.717) is 0 Å². The summed E-state index contributed by atoms with van der Waals surface area (Å²) in [6.45, 7) is 1.86. The van der Waals surface area contributed by atoms with Crippen molar-refractivity contribution in [2.75, 3.05) is 0 Å². The van der Waals surface area contributed by atoms with E-state index in [-0.39, 0.29) is 11.9 Å². The number of nitrogens with two attached hydrogens (primary N) is 1. The summed E-state index contributed by atoms with van der Waals surface area (Å²) in [5, 5.41) is 1.98. The van der Waals surface area contributed by atoms with Gasteiger partial charge in [0.25, 0.3) is 0 Å². The van der Waals surface area contributed by atoms with Crippen molar-refractivity contribution >= 4 is 27.3 Å². The lowest BCUT2D eigenvalue weighted by Gasteiger charge is -2.11. The molecule has 0 radical (unpaired) electrons. The highest BCUT2D eigenvalue weighted by Crippen LogP contribution is 2.28. The summed E-state index contributed by atoms with van der Waals surface area (Å²) in [4.78, 5) is 0. The van der Waals surface area contributed by atoms with Crippen LogP contribution < -0.4 is 5.73 Å². The van der Waals surface area contributed by atoms with Crippen LogP contribution in [0.25, 0.3) is 0 Å². The van der Waals surface area contributed by atoms with Gasteiger partial charge < -0.3 is 5.73 Å². The molecule has 0 aliphatic carbocycles. The van der Waals surface area contributed by atoms with Crippen LogP contribution in [0.4, 0.5) is 4.39 Å². The zero-order chi connectivity index (χ0) is 11.7. The quantitative estimate of drug-likeness (QED) is 0.891. The smallest absolute Gasteiger partial charge is 0.123 e. The third-order valence-electron chi connectivity index (χ3n) is 2.37. The monoisotopic (exact) mass is 299 g/mol. The van der Waals surface area contributed by atoms with Crippen LogP contribution in [0.5, 0.6) is 0 Å². The molecule has 1 unspecified atom stereocenters. The van der Waals surface area contributed by atoms with Crippen LogP contribution in [-0.2, 0) is 0 Å². The van der Waals surface area contributed by atoms with Gasteiger partial charge in [-0.2, -0.15) is 0 Å². The number of thiophene rings is 1. The lowest BCUT2D eigenvalue weighted by atomic mass is 10.0. The number of halogens is 2. The number of aryl methyl sites for hydroxylation is 1. The predicted molar refractivity (Wildman–Crippen MR) is 69.2 cm³/mol. The van der Waals surface area contributed by atoms with Crippen LogP contribution in [0.3, 0.4) is 0 Å². The van der Waals surface area contributed by atoms with Crippen molar-refractivity contribution in [1.82, 2.24) is 0 Å². The van der Waals surface area contributed by atoms with Gasteiger partial charge in [-0.25, -0.2) is 4.39 Å². The van der Waals surface area contributed by atoms with Gasteiger partial charge in [0.15, 0.2) is 0 Å². The molecule has 2 N–H and O–H groups in total. The number of hydrogen-bond donors (Lipinski definition) is 1. The van der Waals surface area contributed by atoms with E-state index in [2.05, 4.69) is 15.9 Å². The topological polar surface area (TPSA) is 26.0 Å². The Morgan fingerprint density at radius 2 is 2.00 bits per heavy atom. The molecule has 0 fully saturated rings. The van der Waals surface area contributed by atoms with E-state index in [0.717, 1.165) is 20.5 Å². The fourth-order valence-corrected chi connectivity index (χ4v) is 2.84. The Morgan fingerprint density at radius 1 is 1.25 bits per heavy atom. The van der Waals surface area contributed by atoms with E-state index in [1.54, 1.807) is 11.3 Å². The third-order valence-corrected chi connectivity index (χ3v) is 3.89. The standard InChI is InChI=1S/C12H11BrFNS/c1-7-2-8(4-10(14)3-7)12(15)9-5-11(13)16-6-9/h2-6,12H,15H2,1H3. The average Bonchev–Trinajstić information content (AvgIpc) is 2.62. The summed E-state index contributed by atoms with van der Waals surface area (Å²) < 4.78 is 14.3. The minimum Gasteiger partial charge on any atom is -0.320 e. The van der Waals surface area contributed by atoms with E-state index in [1.165, 1.54) is 12.1 Å². The molecular formula is C12H11BrFNS. The van der Waals surface area contributed by atoms with Crippen molar-refractivity contribution in [3.05, 3.63) is 55.9 Å². The lowest BCUT2D eigenvalue weighted by Crippen LogP contribution is -2.11. The maximum atomic E-state index is 13.2. The van der Waals surface area contributed by atoms with E-state index in [4.69, 9.17) is 5.73 Å². The van der Waals surface area contributed by atoms with E-state index in [9.17, 15) is 4.39 Å². The first-order valence-electron chi connectivity index (χ1n) is 4.83. The summed E-state index contributed by atoms with van der Waals surface area (Å²) in [6, 6.07) is 6.61. The van der Waals surface area contributed by atoms with Gasteiger partial charge in [-0.3, -0.25) is 0 Å². The van der Waals surface area contributed by atoms with E-state index >= 15 is 0 Å². The van der Waals surface area contributed by atoms with Crippen LogP contribution in [-0.4, -0.2) is 0 Å². The highest BCUT2D eigenvalue weighted by Gasteiger charge is 2.11. The summed E-state index contributed by atoms with van der Waals surface area (Å²) in [5.41, 5.74) is 8.79. The molecule has 84 valence electrons. The average molecular weight is 300 g/mol. The van der Waals surface area contributed by atoms with Crippen molar-refractivity contribution in [2.45, 2.75) is 13.0 Å². The van der Waals surface area contributed by atoms with Crippen LogP contribution in [0.15, 0.2) is 33.4 Å². The number of hydrogen-bond acceptors (Lipinski definition) is 2. The summed E-state index contributed by atoms with van der Waals surface area (Å²) in [7, 11) is 0. The fourth-order valence-electron chi connectivity index (χ4n) is 1.62. The molecule has 0 saturated heterocycles. The van der Waals surface area contributed by atoms with Gasteiger partial charge in [0.05, 0.1) is 9.83 Å². The Balaban J connectivity index is 2.37. The first-order chi connectivity index (χ1) is 7.56. The molecule has 0 aliphatic heterocycles. The zero-order valence-corrected chi connectivity index (χ0v) is 11.1. The van der Waals surface area contributed by atoms with Crippen molar-refractivity contribution in [2.24, 2.45) is 5.73 Å². The summed E-state index contributed by atoms with van der Waals surface area (Å²) >= 11 is 4.97. The van der Waals surface area contributed by atoms with Crippen LogP contribution in [0.2, 0.25) is 0 Å². The maximum absolute atomic E-state index is 13.2. The Bertz CT molecular complexity index is 489. The molecule has 16 heavy (non-hydrogen) atoms. The second-order valence-electron chi connectivity index (χ2n) is 3.72. The molecule has 1 heterocycles. The molecule has 1 nitrogen and oxygen atoms in total. The lowest BCUT2D eigenvalue weighted by molar-refractivity contribution is 0.622. The molecular weight excluding hydrogens is 289 g/mol. The molecule has 2 rings (SSSR count). The fraction of sp³-hybridized carbons (Fsp3) is 0.167.